The number of likely N-dealkylation sites (tertiary alicyclic amines) is 1. The molecule has 1 atom stereocenters. The second-order valence-corrected chi connectivity index (χ2v) is 7.03. The summed E-state index contributed by atoms with van der Waals surface area (Å²) in [6.45, 7) is 3.27. The molecule has 0 radical (unpaired) electrons. The Morgan fingerprint density at radius 1 is 1.12 bits per heavy atom. The minimum absolute atomic E-state index is 0.192. The molecule has 2 heterocycles. The first-order chi connectivity index (χ1) is 12.5. The molecule has 0 saturated carbocycles. The Balaban J connectivity index is 1.56. The van der Waals surface area contributed by atoms with Gasteiger partial charge in [0.2, 0.25) is 0 Å². The van der Waals surface area contributed by atoms with Crippen LogP contribution in [0.2, 0.25) is 0 Å². The third-order valence-electron chi connectivity index (χ3n) is 5.11. The van der Waals surface area contributed by atoms with E-state index in [2.05, 4.69) is 36.2 Å². The Hall–Kier alpha value is -2.69. The van der Waals surface area contributed by atoms with Gasteiger partial charge in [0, 0.05) is 35.8 Å². The highest BCUT2D eigenvalue weighted by atomic mass is 19.2. The summed E-state index contributed by atoms with van der Waals surface area (Å²) in [5.41, 5.74) is 3.61. The highest BCUT2D eigenvalue weighted by molar-refractivity contribution is 5.94. The van der Waals surface area contributed by atoms with Crippen LogP contribution in [0.1, 0.15) is 40.4 Å². The number of halogens is 2. The fraction of sp³-hybridized carbons (Fsp3) is 0.286. The molecule has 4 rings (SSSR count). The zero-order valence-electron chi connectivity index (χ0n) is 14.6. The van der Waals surface area contributed by atoms with Crippen molar-refractivity contribution in [2.24, 2.45) is 0 Å². The van der Waals surface area contributed by atoms with E-state index in [1.165, 1.54) is 17.0 Å². The molecule has 3 nitrogen and oxygen atoms in total. The molecule has 1 amide bonds. The molecule has 0 spiro atoms. The molecule has 3 aromatic rings. The zero-order chi connectivity index (χ0) is 18.3. The van der Waals surface area contributed by atoms with Crippen LogP contribution in [-0.4, -0.2) is 28.9 Å². The monoisotopic (exact) mass is 354 g/mol. The van der Waals surface area contributed by atoms with Crippen molar-refractivity contribution in [1.82, 2.24) is 9.88 Å². The van der Waals surface area contributed by atoms with Crippen molar-refractivity contribution in [1.29, 1.82) is 0 Å². The second kappa shape index (κ2) is 6.56. The van der Waals surface area contributed by atoms with Gasteiger partial charge < -0.3 is 9.88 Å². The summed E-state index contributed by atoms with van der Waals surface area (Å²) >= 11 is 0. The number of H-pyrrole nitrogens is 1. The third-order valence-corrected chi connectivity index (χ3v) is 5.11. The first kappa shape index (κ1) is 16.8. The van der Waals surface area contributed by atoms with E-state index in [1.807, 2.05) is 0 Å². The SMILES string of the molecule is Cc1ccc2[nH]c(C3CCCN(C(=O)c4ccc(F)c(F)c4)C3)cc2c1. The summed E-state index contributed by atoms with van der Waals surface area (Å²) in [5.74, 6) is -1.96. The molecule has 1 saturated heterocycles. The average molecular weight is 354 g/mol. The average Bonchev–Trinajstić information content (AvgIpc) is 3.06. The van der Waals surface area contributed by atoms with E-state index < -0.39 is 11.6 Å². The number of hydrogen-bond donors (Lipinski definition) is 1. The molecule has 1 N–H and O–H groups in total. The summed E-state index contributed by atoms with van der Waals surface area (Å²) in [7, 11) is 0. The lowest BCUT2D eigenvalue weighted by Gasteiger charge is -2.32. The van der Waals surface area contributed by atoms with Crippen LogP contribution in [-0.2, 0) is 0 Å². The van der Waals surface area contributed by atoms with Gasteiger partial charge in [0.25, 0.3) is 5.91 Å². The highest BCUT2D eigenvalue weighted by Crippen LogP contribution is 2.30. The number of benzene rings is 2. The summed E-state index contributed by atoms with van der Waals surface area (Å²) in [5, 5.41) is 1.17. The fourth-order valence-electron chi connectivity index (χ4n) is 3.72. The summed E-state index contributed by atoms with van der Waals surface area (Å²) < 4.78 is 26.6. The first-order valence-corrected chi connectivity index (χ1v) is 8.85. The number of nitrogens with zero attached hydrogens (tertiary/aromatic N) is 1. The van der Waals surface area contributed by atoms with Gasteiger partial charge in [0.15, 0.2) is 11.6 Å². The van der Waals surface area contributed by atoms with Crippen molar-refractivity contribution in [3.05, 3.63) is 70.9 Å². The Kier molecular flexibility index (Phi) is 4.23. The van der Waals surface area contributed by atoms with Crippen molar-refractivity contribution in [3.8, 4) is 0 Å². The van der Waals surface area contributed by atoms with Gasteiger partial charge >= 0.3 is 0 Å². The van der Waals surface area contributed by atoms with E-state index in [9.17, 15) is 13.6 Å². The number of fused-ring (bicyclic) bond motifs is 1. The van der Waals surface area contributed by atoms with Crippen LogP contribution < -0.4 is 0 Å². The molecule has 5 heteroatoms. The summed E-state index contributed by atoms with van der Waals surface area (Å²) in [6.07, 6.45) is 1.88. The molecular formula is C21H20F2N2O. The lowest BCUT2D eigenvalue weighted by atomic mass is 9.94. The fourth-order valence-corrected chi connectivity index (χ4v) is 3.72. The van der Waals surface area contributed by atoms with E-state index in [0.717, 1.165) is 36.2 Å². The van der Waals surface area contributed by atoms with E-state index in [1.54, 1.807) is 4.90 Å². The van der Waals surface area contributed by atoms with Gasteiger partial charge in [-0.2, -0.15) is 0 Å². The minimum atomic E-state index is -0.990. The Bertz CT molecular complexity index is 979. The third kappa shape index (κ3) is 3.09. The zero-order valence-corrected chi connectivity index (χ0v) is 14.6. The van der Waals surface area contributed by atoms with Crippen molar-refractivity contribution in [3.63, 3.8) is 0 Å². The number of piperidine rings is 1. The van der Waals surface area contributed by atoms with E-state index in [4.69, 9.17) is 0 Å². The minimum Gasteiger partial charge on any atom is -0.358 e. The second-order valence-electron chi connectivity index (χ2n) is 7.03. The number of hydrogen-bond acceptors (Lipinski definition) is 1. The Morgan fingerprint density at radius 2 is 1.96 bits per heavy atom. The number of aromatic nitrogens is 1. The van der Waals surface area contributed by atoms with Crippen molar-refractivity contribution >= 4 is 16.8 Å². The molecule has 0 aliphatic carbocycles. The number of carbonyl (C=O) groups excluding carboxylic acids is 1. The maximum absolute atomic E-state index is 13.4. The van der Waals surface area contributed by atoms with Gasteiger partial charge in [-0.25, -0.2) is 8.78 Å². The van der Waals surface area contributed by atoms with Crippen LogP contribution in [0, 0.1) is 18.6 Å². The Labute approximate surface area is 150 Å². The predicted molar refractivity (Wildman–Crippen MR) is 97.3 cm³/mol. The Morgan fingerprint density at radius 3 is 2.77 bits per heavy atom. The number of aryl methyl sites for hydroxylation is 1. The molecule has 26 heavy (non-hydrogen) atoms. The van der Waals surface area contributed by atoms with Gasteiger partial charge in [0.05, 0.1) is 0 Å². The lowest BCUT2D eigenvalue weighted by molar-refractivity contribution is 0.0705. The summed E-state index contributed by atoms with van der Waals surface area (Å²) in [6, 6.07) is 11.8. The first-order valence-electron chi connectivity index (χ1n) is 8.85. The van der Waals surface area contributed by atoms with Crippen LogP contribution in [0.25, 0.3) is 10.9 Å². The maximum atomic E-state index is 13.4. The number of rotatable bonds is 2. The molecule has 1 aliphatic rings. The van der Waals surface area contributed by atoms with Gasteiger partial charge in [-0.1, -0.05) is 11.6 Å². The molecule has 0 bridgehead atoms. The molecule has 2 aromatic carbocycles. The van der Waals surface area contributed by atoms with Crippen molar-refractivity contribution < 1.29 is 13.6 Å². The van der Waals surface area contributed by atoms with Gasteiger partial charge in [-0.3, -0.25) is 4.79 Å². The highest BCUT2D eigenvalue weighted by Gasteiger charge is 2.27. The summed E-state index contributed by atoms with van der Waals surface area (Å²) in [4.78, 5) is 17.9. The molecular weight excluding hydrogens is 334 g/mol. The molecule has 134 valence electrons. The molecule has 1 unspecified atom stereocenters. The van der Waals surface area contributed by atoms with Crippen LogP contribution >= 0.6 is 0 Å². The van der Waals surface area contributed by atoms with Crippen LogP contribution in [0.3, 0.4) is 0 Å². The predicted octanol–water partition coefficient (Wildman–Crippen LogP) is 4.77. The number of nitrogens with one attached hydrogen (secondary N) is 1. The topological polar surface area (TPSA) is 36.1 Å². The normalized spacial score (nSPS) is 17.7. The van der Waals surface area contributed by atoms with Crippen LogP contribution in [0.5, 0.6) is 0 Å². The van der Waals surface area contributed by atoms with E-state index >= 15 is 0 Å². The van der Waals surface area contributed by atoms with E-state index in [0.29, 0.717) is 13.1 Å². The standard InChI is InChI=1S/C21H20F2N2O/c1-13-4-7-19-16(9-13)11-20(24-19)15-3-2-8-25(12-15)21(26)14-5-6-17(22)18(23)10-14/h4-7,9-11,15,24H,2-3,8,12H2,1H3. The van der Waals surface area contributed by atoms with Crippen LogP contribution in [0.15, 0.2) is 42.5 Å². The van der Waals surface area contributed by atoms with Gasteiger partial charge in [-0.05, 0) is 61.5 Å². The molecule has 1 aromatic heterocycles. The van der Waals surface area contributed by atoms with Gasteiger partial charge in [-0.15, -0.1) is 0 Å². The maximum Gasteiger partial charge on any atom is 0.253 e. The number of aromatic amines is 1. The quantitative estimate of drug-likeness (QED) is 0.707. The molecule has 1 fully saturated rings. The van der Waals surface area contributed by atoms with Crippen LogP contribution in [0.4, 0.5) is 8.78 Å². The van der Waals surface area contributed by atoms with E-state index in [-0.39, 0.29) is 17.4 Å². The largest absolute Gasteiger partial charge is 0.358 e. The number of carbonyl (C=O) groups is 1. The lowest BCUT2D eigenvalue weighted by Crippen LogP contribution is -2.39. The van der Waals surface area contributed by atoms with Crippen molar-refractivity contribution in [2.75, 3.05) is 13.1 Å². The van der Waals surface area contributed by atoms with Crippen molar-refractivity contribution in [2.45, 2.75) is 25.7 Å². The number of amides is 1. The smallest absolute Gasteiger partial charge is 0.253 e. The van der Waals surface area contributed by atoms with Gasteiger partial charge in [0.1, 0.15) is 0 Å². The molecule has 1 aliphatic heterocycles.